The number of nitrogens with one attached hydrogen (secondary N) is 2. The fraction of sp³-hybridized carbons (Fsp3) is 0.233. The van der Waals surface area contributed by atoms with Crippen LogP contribution in [0.15, 0.2) is 67.1 Å². The van der Waals surface area contributed by atoms with Gasteiger partial charge in [-0.25, -0.2) is 9.97 Å². The maximum Gasteiger partial charge on any atom is 0.161 e. The van der Waals surface area contributed by atoms with E-state index in [0.29, 0.717) is 11.5 Å². The van der Waals surface area contributed by atoms with Crippen molar-refractivity contribution in [3.63, 3.8) is 0 Å². The second-order valence-electron chi connectivity index (χ2n) is 9.96. The van der Waals surface area contributed by atoms with Gasteiger partial charge in [0, 0.05) is 36.3 Å². The number of hydrogen-bond acceptors (Lipinski definition) is 7. The lowest BCUT2D eigenvalue weighted by Crippen LogP contribution is -2.29. The van der Waals surface area contributed by atoms with E-state index in [1.54, 1.807) is 13.3 Å². The number of H-pyrrole nitrogens is 2. The topological polar surface area (TPSA) is 108 Å². The molecule has 6 aromatic rings. The highest BCUT2D eigenvalue weighted by Crippen LogP contribution is 2.32. The van der Waals surface area contributed by atoms with E-state index in [9.17, 15) is 0 Å². The molecule has 0 atom stereocenters. The van der Waals surface area contributed by atoms with Gasteiger partial charge in [-0.15, -0.1) is 0 Å². The molecular weight excluding hydrogens is 488 g/mol. The monoisotopic (exact) mass is 516 g/mol. The molecule has 0 saturated carbocycles. The van der Waals surface area contributed by atoms with Gasteiger partial charge in [-0.1, -0.05) is 18.6 Å². The summed E-state index contributed by atoms with van der Waals surface area (Å²) >= 11 is 0. The molecule has 9 heteroatoms. The summed E-state index contributed by atoms with van der Waals surface area (Å²) < 4.78 is 5.41. The van der Waals surface area contributed by atoms with Crippen LogP contribution < -0.4 is 4.74 Å². The van der Waals surface area contributed by atoms with Crippen LogP contribution in [0, 0.1) is 0 Å². The molecule has 0 bridgehead atoms. The molecule has 0 unspecified atom stereocenters. The maximum absolute atomic E-state index is 5.41. The Balaban J connectivity index is 1.25. The van der Waals surface area contributed by atoms with Gasteiger partial charge < -0.3 is 9.72 Å². The number of fused-ring (bicyclic) bond motifs is 2. The Morgan fingerprint density at radius 3 is 2.67 bits per heavy atom. The van der Waals surface area contributed by atoms with Gasteiger partial charge in [0.15, 0.2) is 11.5 Å². The van der Waals surface area contributed by atoms with E-state index in [2.05, 4.69) is 36.1 Å². The average Bonchev–Trinajstić information content (AvgIpc) is 3.61. The minimum Gasteiger partial charge on any atom is -0.497 e. The van der Waals surface area contributed by atoms with Gasteiger partial charge in [-0.2, -0.15) is 5.10 Å². The Morgan fingerprint density at radius 1 is 0.872 bits per heavy atom. The molecular formula is C30H28N8O. The van der Waals surface area contributed by atoms with Crippen molar-refractivity contribution in [1.29, 1.82) is 0 Å². The Kier molecular flexibility index (Phi) is 5.97. The first kappa shape index (κ1) is 23.5. The molecule has 0 aliphatic carbocycles. The van der Waals surface area contributed by atoms with E-state index in [1.165, 1.54) is 24.8 Å². The quantitative estimate of drug-likeness (QED) is 0.296. The van der Waals surface area contributed by atoms with Crippen LogP contribution in [0.2, 0.25) is 0 Å². The Bertz CT molecular complexity index is 1780. The second kappa shape index (κ2) is 9.92. The summed E-state index contributed by atoms with van der Waals surface area (Å²) in [6, 6.07) is 16.0. The average molecular weight is 517 g/mol. The van der Waals surface area contributed by atoms with Crippen molar-refractivity contribution < 1.29 is 4.74 Å². The van der Waals surface area contributed by atoms with E-state index in [1.807, 2.05) is 54.9 Å². The Labute approximate surface area is 225 Å². The van der Waals surface area contributed by atoms with Gasteiger partial charge in [-0.3, -0.25) is 20.0 Å². The molecule has 7 rings (SSSR count). The fourth-order valence-electron chi connectivity index (χ4n) is 5.34. The molecule has 0 amide bonds. The van der Waals surface area contributed by atoms with Gasteiger partial charge in [0.2, 0.25) is 0 Å². The normalized spacial score (nSPS) is 14.3. The summed E-state index contributed by atoms with van der Waals surface area (Å²) in [5, 5.41) is 7.69. The van der Waals surface area contributed by atoms with Gasteiger partial charge in [0.25, 0.3) is 0 Å². The number of aromatic nitrogens is 7. The van der Waals surface area contributed by atoms with Crippen LogP contribution in [-0.2, 0) is 6.54 Å². The first-order chi connectivity index (χ1) is 19.2. The number of benzene rings is 1. The van der Waals surface area contributed by atoms with Crippen molar-refractivity contribution in [2.75, 3.05) is 20.2 Å². The summed E-state index contributed by atoms with van der Waals surface area (Å²) in [4.78, 5) is 25.0. The highest BCUT2D eigenvalue weighted by Gasteiger charge is 2.18. The van der Waals surface area contributed by atoms with Crippen LogP contribution in [0.5, 0.6) is 5.75 Å². The predicted molar refractivity (Wildman–Crippen MR) is 151 cm³/mol. The summed E-state index contributed by atoms with van der Waals surface area (Å²) in [6.07, 6.45) is 9.49. The highest BCUT2D eigenvalue weighted by molar-refractivity contribution is 5.95. The van der Waals surface area contributed by atoms with Crippen molar-refractivity contribution >= 4 is 22.1 Å². The molecule has 1 aliphatic rings. The second-order valence-corrected chi connectivity index (χ2v) is 9.96. The predicted octanol–water partition coefficient (Wildman–Crippen LogP) is 5.62. The van der Waals surface area contributed by atoms with Gasteiger partial charge >= 0.3 is 0 Å². The lowest BCUT2D eigenvalue weighted by Gasteiger charge is -2.26. The van der Waals surface area contributed by atoms with E-state index in [-0.39, 0.29) is 0 Å². The number of piperidine rings is 1. The molecule has 39 heavy (non-hydrogen) atoms. The van der Waals surface area contributed by atoms with Crippen molar-refractivity contribution in [2.45, 2.75) is 25.8 Å². The SMILES string of the molecule is COc1cccc(-c2nccc3[nH]c(-c4n[nH]c5ccc(-c6cncc(CN7CCCCC7)c6)nc45)nc23)c1. The van der Waals surface area contributed by atoms with E-state index >= 15 is 0 Å². The third-order valence-electron chi connectivity index (χ3n) is 7.32. The number of nitrogens with zero attached hydrogens (tertiary/aromatic N) is 6. The molecule has 194 valence electrons. The number of likely N-dealkylation sites (tertiary alicyclic amines) is 1. The van der Waals surface area contributed by atoms with Crippen LogP contribution in [0.3, 0.4) is 0 Å². The molecule has 1 fully saturated rings. The minimum absolute atomic E-state index is 0.634. The molecule has 1 aromatic carbocycles. The summed E-state index contributed by atoms with van der Waals surface area (Å²) in [5.74, 6) is 1.40. The Hall–Kier alpha value is -4.63. The van der Waals surface area contributed by atoms with Crippen molar-refractivity contribution in [3.05, 3.63) is 72.7 Å². The number of ether oxygens (including phenoxy) is 1. The van der Waals surface area contributed by atoms with Crippen molar-refractivity contribution in [2.24, 2.45) is 0 Å². The lowest BCUT2D eigenvalue weighted by molar-refractivity contribution is 0.220. The first-order valence-corrected chi connectivity index (χ1v) is 13.3. The molecule has 6 heterocycles. The van der Waals surface area contributed by atoms with E-state index in [4.69, 9.17) is 14.7 Å². The molecule has 0 radical (unpaired) electrons. The molecule has 5 aromatic heterocycles. The van der Waals surface area contributed by atoms with E-state index < -0.39 is 0 Å². The smallest absolute Gasteiger partial charge is 0.161 e. The van der Waals surface area contributed by atoms with Crippen LogP contribution >= 0.6 is 0 Å². The van der Waals surface area contributed by atoms with Crippen molar-refractivity contribution in [1.82, 2.24) is 40.0 Å². The lowest BCUT2D eigenvalue weighted by atomic mass is 10.1. The standard InChI is InChI=1S/C30H28N8O/c1-39-22-7-5-6-20(15-22)26-27-24(10-11-32-26)34-30(35-27)29-28-25(36-37-29)9-8-23(33-28)21-14-19(16-31-17-21)18-38-12-3-2-4-13-38/h5-11,14-17H,2-4,12-13,18H2,1H3,(H,34,35)(H,36,37). The van der Waals surface area contributed by atoms with Gasteiger partial charge in [-0.05, 0) is 67.9 Å². The number of pyridine rings is 3. The first-order valence-electron chi connectivity index (χ1n) is 13.3. The Morgan fingerprint density at radius 2 is 1.77 bits per heavy atom. The summed E-state index contributed by atoms with van der Waals surface area (Å²) in [6.45, 7) is 3.22. The van der Waals surface area contributed by atoms with Crippen LogP contribution in [0.25, 0.3) is 56.1 Å². The van der Waals surface area contributed by atoms with Crippen molar-refractivity contribution in [3.8, 4) is 39.8 Å². The van der Waals surface area contributed by atoms with Crippen LogP contribution in [0.1, 0.15) is 24.8 Å². The molecule has 9 nitrogen and oxygen atoms in total. The molecule has 2 N–H and O–H groups in total. The number of methoxy groups -OCH3 is 1. The third kappa shape index (κ3) is 4.51. The van der Waals surface area contributed by atoms with Crippen LogP contribution in [0.4, 0.5) is 0 Å². The summed E-state index contributed by atoms with van der Waals surface area (Å²) in [7, 11) is 1.66. The largest absolute Gasteiger partial charge is 0.497 e. The maximum atomic E-state index is 5.41. The number of rotatable bonds is 6. The zero-order valence-electron chi connectivity index (χ0n) is 21.7. The minimum atomic E-state index is 0.634. The molecule has 1 aliphatic heterocycles. The zero-order chi connectivity index (χ0) is 26.2. The summed E-state index contributed by atoms with van der Waals surface area (Å²) in [5.41, 5.74) is 8.67. The molecule has 1 saturated heterocycles. The number of imidazole rings is 1. The number of aromatic amines is 2. The zero-order valence-corrected chi connectivity index (χ0v) is 21.7. The van der Waals surface area contributed by atoms with Crippen LogP contribution in [-0.4, -0.2) is 60.2 Å². The fourth-order valence-corrected chi connectivity index (χ4v) is 5.34. The molecule has 0 spiro atoms. The number of hydrogen-bond donors (Lipinski definition) is 2. The third-order valence-corrected chi connectivity index (χ3v) is 7.32. The van der Waals surface area contributed by atoms with Gasteiger partial charge in [0.05, 0.1) is 29.5 Å². The highest BCUT2D eigenvalue weighted by atomic mass is 16.5. The van der Waals surface area contributed by atoms with E-state index in [0.717, 1.165) is 70.0 Å². The van der Waals surface area contributed by atoms with Gasteiger partial charge in [0.1, 0.15) is 16.8 Å².